The number of ether oxygens (including phenoxy) is 1. The first-order valence-electron chi connectivity index (χ1n) is 7.68. The van der Waals surface area contributed by atoms with Crippen molar-refractivity contribution in [2.45, 2.75) is 65.0 Å². The lowest BCUT2D eigenvalue weighted by Gasteiger charge is -2.21. The quantitative estimate of drug-likeness (QED) is 0.601. The summed E-state index contributed by atoms with van der Waals surface area (Å²) in [6.45, 7) is 6.75. The Bertz CT molecular complexity index is 395. The molecule has 0 heterocycles. The third kappa shape index (κ3) is 5.84. The van der Waals surface area contributed by atoms with Gasteiger partial charge in [-0.25, -0.2) is 0 Å². The molecule has 0 saturated heterocycles. The fraction of sp³-hybridized carbons (Fsp3) is 0.647. The lowest BCUT2D eigenvalue weighted by atomic mass is 10.0. The van der Waals surface area contributed by atoms with Crippen molar-refractivity contribution in [3.8, 4) is 5.75 Å². The predicted octanol–water partition coefficient (Wildman–Crippen LogP) is 5.47. The van der Waals surface area contributed by atoms with Crippen molar-refractivity contribution < 1.29 is 4.74 Å². The van der Waals surface area contributed by atoms with Gasteiger partial charge >= 0.3 is 0 Å². The van der Waals surface area contributed by atoms with Gasteiger partial charge < -0.3 is 10.1 Å². The van der Waals surface area contributed by atoms with Gasteiger partial charge in [0.1, 0.15) is 5.75 Å². The summed E-state index contributed by atoms with van der Waals surface area (Å²) in [7, 11) is 1.69. The fourth-order valence-corrected chi connectivity index (χ4v) is 2.99. The number of rotatable bonds is 9. The highest BCUT2D eigenvalue weighted by Crippen LogP contribution is 2.28. The van der Waals surface area contributed by atoms with E-state index in [1.54, 1.807) is 7.11 Å². The second-order valence-corrected chi connectivity index (χ2v) is 6.39. The number of methoxy groups -OCH3 is 1. The molecule has 0 fully saturated rings. The van der Waals surface area contributed by atoms with Gasteiger partial charge in [-0.15, -0.1) is 0 Å². The van der Waals surface area contributed by atoms with Gasteiger partial charge in [-0.05, 0) is 53.9 Å². The highest BCUT2D eigenvalue weighted by atomic mass is 79.9. The second-order valence-electron chi connectivity index (χ2n) is 5.53. The van der Waals surface area contributed by atoms with Gasteiger partial charge in [0, 0.05) is 12.1 Å². The van der Waals surface area contributed by atoms with E-state index < -0.39 is 0 Å². The van der Waals surface area contributed by atoms with E-state index in [1.165, 1.54) is 37.7 Å². The molecule has 114 valence electrons. The molecule has 0 aromatic heterocycles. The Balaban J connectivity index is 2.45. The van der Waals surface area contributed by atoms with Gasteiger partial charge in [-0.3, -0.25) is 0 Å². The van der Waals surface area contributed by atoms with Crippen LogP contribution in [0.15, 0.2) is 22.7 Å². The Kier molecular flexibility index (Phi) is 8.24. The van der Waals surface area contributed by atoms with Crippen LogP contribution >= 0.6 is 15.9 Å². The van der Waals surface area contributed by atoms with Gasteiger partial charge in [-0.2, -0.15) is 0 Å². The summed E-state index contributed by atoms with van der Waals surface area (Å²) in [5, 5.41) is 3.68. The molecule has 0 radical (unpaired) electrons. The third-order valence-electron chi connectivity index (χ3n) is 3.70. The van der Waals surface area contributed by atoms with Crippen molar-refractivity contribution in [2.24, 2.45) is 0 Å². The molecule has 1 aromatic rings. The molecule has 0 aliphatic carbocycles. The molecule has 2 unspecified atom stereocenters. The van der Waals surface area contributed by atoms with E-state index in [2.05, 4.69) is 54.2 Å². The number of hydrogen-bond donors (Lipinski definition) is 1. The summed E-state index contributed by atoms with van der Waals surface area (Å²) in [6, 6.07) is 7.20. The Morgan fingerprint density at radius 2 is 1.95 bits per heavy atom. The van der Waals surface area contributed by atoms with E-state index in [9.17, 15) is 0 Å². The summed E-state index contributed by atoms with van der Waals surface area (Å²) in [5.74, 6) is 0.883. The van der Waals surface area contributed by atoms with Gasteiger partial charge in [0.25, 0.3) is 0 Å². The van der Waals surface area contributed by atoms with E-state index in [0.29, 0.717) is 12.1 Å². The Morgan fingerprint density at radius 3 is 2.55 bits per heavy atom. The Labute approximate surface area is 132 Å². The monoisotopic (exact) mass is 341 g/mol. The van der Waals surface area contributed by atoms with Crippen LogP contribution in [0.1, 0.15) is 64.5 Å². The minimum absolute atomic E-state index is 0.360. The van der Waals surface area contributed by atoms with Crippen LogP contribution in [0.25, 0.3) is 0 Å². The minimum atomic E-state index is 0.360. The van der Waals surface area contributed by atoms with Crippen LogP contribution < -0.4 is 10.1 Å². The zero-order valence-corrected chi connectivity index (χ0v) is 14.8. The molecule has 0 spiro atoms. The van der Waals surface area contributed by atoms with Gasteiger partial charge in [0.15, 0.2) is 0 Å². The van der Waals surface area contributed by atoms with Crippen LogP contribution in [0.4, 0.5) is 0 Å². The molecule has 0 bridgehead atoms. The van der Waals surface area contributed by atoms with E-state index in [1.807, 2.05) is 6.07 Å². The number of hydrogen-bond acceptors (Lipinski definition) is 2. The number of benzene rings is 1. The lowest BCUT2D eigenvalue weighted by molar-refractivity contribution is 0.410. The molecule has 2 nitrogen and oxygen atoms in total. The minimum Gasteiger partial charge on any atom is -0.496 e. The molecule has 0 amide bonds. The average Bonchev–Trinajstić information content (AvgIpc) is 2.43. The first-order valence-corrected chi connectivity index (χ1v) is 8.47. The molecule has 3 heteroatoms. The summed E-state index contributed by atoms with van der Waals surface area (Å²) < 4.78 is 6.29. The summed E-state index contributed by atoms with van der Waals surface area (Å²) >= 11 is 3.55. The van der Waals surface area contributed by atoms with E-state index >= 15 is 0 Å². The van der Waals surface area contributed by atoms with Gasteiger partial charge in [0.2, 0.25) is 0 Å². The fourth-order valence-electron chi connectivity index (χ4n) is 2.44. The zero-order chi connectivity index (χ0) is 15.0. The first-order chi connectivity index (χ1) is 9.58. The topological polar surface area (TPSA) is 21.3 Å². The van der Waals surface area contributed by atoms with E-state index in [0.717, 1.165) is 10.2 Å². The first kappa shape index (κ1) is 17.5. The summed E-state index contributed by atoms with van der Waals surface area (Å²) in [6.07, 6.45) is 6.58. The molecule has 1 N–H and O–H groups in total. The molecule has 2 atom stereocenters. The normalized spacial score (nSPS) is 14.1. The second kappa shape index (κ2) is 9.41. The van der Waals surface area contributed by atoms with Crippen LogP contribution in [0, 0.1) is 0 Å². The van der Waals surface area contributed by atoms with Crippen molar-refractivity contribution >= 4 is 15.9 Å². The Hall–Kier alpha value is -0.540. The molecular formula is C17H28BrNO. The molecule has 0 aliphatic rings. The van der Waals surface area contributed by atoms with Gasteiger partial charge in [0.05, 0.1) is 11.6 Å². The maximum Gasteiger partial charge on any atom is 0.133 e. The van der Waals surface area contributed by atoms with Crippen molar-refractivity contribution in [2.75, 3.05) is 7.11 Å². The number of nitrogens with one attached hydrogen (secondary N) is 1. The van der Waals surface area contributed by atoms with E-state index in [4.69, 9.17) is 4.74 Å². The highest BCUT2D eigenvalue weighted by Gasteiger charge is 2.11. The molecular weight excluding hydrogens is 314 g/mol. The number of halogens is 1. The lowest BCUT2D eigenvalue weighted by Crippen LogP contribution is -2.28. The van der Waals surface area contributed by atoms with Crippen molar-refractivity contribution in [1.29, 1.82) is 0 Å². The smallest absolute Gasteiger partial charge is 0.133 e. The van der Waals surface area contributed by atoms with Crippen molar-refractivity contribution in [3.63, 3.8) is 0 Å². The summed E-state index contributed by atoms with van der Waals surface area (Å²) in [4.78, 5) is 0. The van der Waals surface area contributed by atoms with Crippen LogP contribution in [-0.2, 0) is 0 Å². The van der Waals surface area contributed by atoms with Gasteiger partial charge in [-0.1, -0.05) is 38.7 Å². The molecule has 20 heavy (non-hydrogen) atoms. The van der Waals surface area contributed by atoms with Crippen molar-refractivity contribution in [3.05, 3.63) is 28.2 Å². The maximum absolute atomic E-state index is 5.27. The van der Waals surface area contributed by atoms with Crippen LogP contribution in [0.2, 0.25) is 0 Å². The van der Waals surface area contributed by atoms with Crippen LogP contribution in [0.5, 0.6) is 5.75 Å². The standard InChI is InChI=1S/C17H28BrNO/c1-5-6-7-8-9-13(2)19-14(3)15-10-11-17(20-4)16(18)12-15/h10-14,19H,5-9H2,1-4H3. The third-order valence-corrected chi connectivity index (χ3v) is 4.32. The average molecular weight is 342 g/mol. The zero-order valence-electron chi connectivity index (χ0n) is 13.2. The molecule has 1 rings (SSSR count). The van der Waals surface area contributed by atoms with Crippen LogP contribution in [0.3, 0.4) is 0 Å². The van der Waals surface area contributed by atoms with Crippen molar-refractivity contribution in [1.82, 2.24) is 5.32 Å². The number of unbranched alkanes of at least 4 members (excludes halogenated alkanes) is 3. The maximum atomic E-state index is 5.27. The molecule has 0 saturated carbocycles. The summed E-state index contributed by atoms with van der Waals surface area (Å²) in [5.41, 5.74) is 1.29. The predicted molar refractivity (Wildman–Crippen MR) is 90.5 cm³/mol. The van der Waals surface area contributed by atoms with Crippen LogP contribution in [-0.4, -0.2) is 13.2 Å². The molecule has 0 aliphatic heterocycles. The SMILES string of the molecule is CCCCCCC(C)NC(C)c1ccc(OC)c(Br)c1. The van der Waals surface area contributed by atoms with E-state index in [-0.39, 0.29) is 0 Å². The largest absolute Gasteiger partial charge is 0.496 e. The molecule has 1 aromatic carbocycles. The Morgan fingerprint density at radius 1 is 1.20 bits per heavy atom. The highest BCUT2D eigenvalue weighted by molar-refractivity contribution is 9.10.